The Hall–Kier alpha value is -2.98. The van der Waals surface area contributed by atoms with Crippen molar-refractivity contribution in [3.63, 3.8) is 0 Å². The number of likely N-dealkylation sites (tertiary alicyclic amines) is 1. The molecule has 0 spiro atoms. The first kappa shape index (κ1) is 26.6. The number of aromatic nitrogens is 2. The molecule has 0 radical (unpaired) electrons. The fraction of sp³-hybridized carbons (Fsp3) is 0.440. The van der Waals surface area contributed by atoms with Gasteiger partial charge in [0.2, 0.25) is 0 Å². The van der Waals surface area contributed by atoms with E-state index in [1.54, 1.807) is 36.0 Å². The molecule has 0 amide bonds. The lowest BCUT2D eigenvalue weighted by atomic mass is 9.97. The number of hydrogen-bond acceptors (Lipinski definition) is 8. The van der Waals surface area contributed by atoms with E-state index >= 15 is 0 Å². The number of carbonyl (C=O) groups excluding carboxylic acids is 3. The smallest absolute Gasteiger partial charge is 0.327 e. The highest BCUT2D eigenvalue weighted by Gasteiger charge is 2.36. The average Bonchev–Trinajstić information content (AvgIpc) is 3.27. The molecule has 8 nitrogen and oxygen atoms in total. The number of piperidine rings is 1. The van der Waals surface area contributed by atoms with Crippen LogP contribution in [0.3, 0.4) is 0 Å². The first-order chi connectivity index (χ1) is 16.8. The minimum atomic E-state index is -0.907. The van der Waals surface area contributed by atoms with Crippen molar-refractivity contribution < 1.29 is 28.2 Å². The molecule has 1 saturated heterocycles. The molecule has 0 N–H and O–H groups in total. The highest BCUT2D eigenvalue weighted by Crippen LogP contribution is 2.35. The molecule has 1 aliphatic heterocycles. The lowest BCUT2D eigenvalue weighted by Gasteiger charge is -2.37. The quantitative estimate of drug-likeness (QED) is 0.479. The zero-order valence-corrected chi connectivity index (χ0v) is 20.9. The van der Waals surface area contributed by atoms with Crippen molar-refractivity contribution in [2.24, 2.45) is 0 Å². The largest absolute Gasteiger partial charge is 0.468 e. The van der Waals surface area contributed by atoms with Crippen LogP contribution in [-0.2, 0) is 30.4 Å². The van der Waals surface area contributed by atoms with E-state index in [0.717, 1.165) is 5.57 Å². The second kappa shape index (κ2) is 12.6. The summed E-state index contributed by atoms with van der Waals surface area (Å²) >= 11 is 1.24. The van der Waals surface area contributed by atoms with Crippen molar-refractivity contribution in [1.82, 2.24) is 14.7 Å². The van der Waals surface area contributed by atoms with E-state index in [9.17, 15) is 18.8 Å². The molecule has 188 valence electrons. The van der Waals surface area contributed by atoms with Crippen molar-refractivity contribution in [1.29, 1.82) is 0 Å². The number of hydrogen-bond donors (Lipinski definition) is 0. The van der Waals surface area contributed by atoms with Crippen LogP contribution in [0.5, 0.6) is 0 Å². The normalized spacial score (nSPS) is 18.3. The highest BCUT2D eigenvalue weighted by molar-refractivity contribution is 8.14. The van der Waals surface area contributed by atoms with E-state index in [0.29, 0.717) is 38.4 Å². The van der Waals surface area contributed by atoms with Gasteiger partial charge in [-0.05, 0) is 37.1 Å². The molecule has 1 fully saturated rings. The summed E-state index contributed by atoms with van der Waals surface area (Å²) in [6.45, 7) is 4.84. The number of ether oxygens (including phenoxy) is 2. The Labute approximate surface area is 208 Å². The summed E-state index contributed by atoms with van der Waals surface area (Å²) in [5.41, 5.74) is 1.82. The number of carbonyl (C=O) groups is 3. The lowest BCUT2D eigenvalue weighted by Crippen LogP contribution is -2.43. The lowest BCUT2D eigenvalue weighted by molar-refractivity contribution is -0.147. The van der Waals surface area contributed by atoms with E-state index in [2.05, 4.69) is 5.10 Å². The number of methoxy groups -OCH3 is 1. The van der Waals surface area contributed by atoms with Crippen LogP contribution in [0.1, 0.15) is 44.0 Å². The van der Waals surface area contributed by atoms with Gasteiger partial charge in [0, 0.05) is 37.0 Å². The van der Waals surface area contributed by atoms with E-state index in [1.165, 1.54) is 31.9 Å². The van der Waals surface area contributed by atoms with Crippen LogP contribution in [0, 0.1) is 5.82 Å². The Morgan fingerprint density at radius 3 is 2.74 bits per heavy atom. The topological polar surface area (TPSA) is 90.7 Å². The van der Waals surface area contributed by atoms with Crippen LogP contribution >= 0.6 is 11.8 Å². The third-order valence-electron chi connectivity index (χ3n) is 5.62. The fourth-order valence-corrected chi connectivity index (χ4v) is 4.98. The Balaban J connectivity index is 1.85. The van der Waals surface area contributed by atoms with Crippen molar-refractivity contribution in [3.8, 4) is 0 Å². The summed E-state index contributed by atoms with van der Waals surface area (Å²) in [6.07, 6.45) is 4.48. The van der Waals surface area contributed by atoms with Crippen LogP contribution in [0.4, 0.5) is 4.39 Å². The predicted molar refractivity (Wildman–Crippen MR) is 131 cm³/mol. The Morgan fingerprint density at radius 2 is 2.06 bits per heavy atom. The van der Waals surface area contributed by atoms with Crippen molar-refractivity contribution in [2.45, 2.75) is 44.5 Å². The highest BCUT2D eigenvalue weighted by atomic mass is 32.2. The molecule has 10 heteroatoms. The van der Waals surface area contributed by atoms with Gasteiger partial charge in [-0.2, -0.15) is 5.10 Å². The maximum atomic E-state index is 14.6. The van der Waals surface area contributed by atoms with Crippen LogP contribution in [0.15, 0.2) is 42.1 Å². The number of aryl methyl sites for hydroxylation is 1. The molecule has 2 heterocycles. The summed E-state index contributed by atoms with van der Waals surface area (Å²) in [4.78, 5) is 38.1. The molecule has 2 aromatic rings. The number of thioether (sulfide) groups is 1. The van der Waals surface area contributed by atoms with Crippen molar-refractivity contribution >= 4 is 34.9 Å². The molecule has 1 unspecified atom stereocenters. The molecular formula is C25H30FN3O5S. The molecule has 2 atom stereocenters. The van der Waals surface area contributed by atoms with Gasteiger partial charge in [0.15, 0.2) is 5.12 Å². The fourth-order valence-electron chi connectivity index (χ4n) is 4.07. The zero-order valence-electron chi connectivity index (χ0n) is 20.1. The summed E-state index contributed by atoms with van der Waals surface area (Å²) in [5.74, 6) is -1.31. The van der Waals surface area contributed by atoms with Gasteiger partial charge in [-0.3, -0.25) is 19.2 Å². The van der Waals surface area contributed by atoms with Crippen LogP contribution < -0.4 is 0 Å². The summed E-state index contributed by atoms with van der Waals surface area (Å²) in [6, 6.07) is 7.08. The second-order valence-corrected chi connectivity index (χ2v) is 9.46. The Kier molecular flexibility index (Phi) is 9.62. The van der Waals surface area contributed by atoms with Gasteiger partial charge in [-0.1, -0.05) is 30.0 Å². The number of nitrogens with zero attached hydrogens (tertiary/aromatic N) is 3. The van der Waals surface area contributed by atoms with E-state index in [1.807, 2.05) is 17.0 Å². The summed E-state index contributed by atoms with van der Waals surface area (Å²) in [7, 11) is 1.29. The molecule has 0 saturated carbocycles. The van der Waals surface area contributed by atoms with Gasteiger partial charge < -0.3 is 9.47 Å². The van der Waals surface area contributed by atoms with Crippen LogP contribution in [0.25, 0.3) is 6.08 Å². The van der Waals surface area contributed by atoms with Gasteiger partial charge in [0.25, 0.3) is 0 Å². The Bertz CT molecular complexity index is 1090. The number of rotatable bonds is 9. The standard InChI is InChI=1S/C25H30FN3O5S/c1-4-34-23(31)11-14-29-13-9-19(27-29)15-18-16-28(12-10-22(18)35-17(2)30)24(25(32)33-3)20-7-5-6-8-21(20)26/h5-9,13,15,22,24H,4,10-12,14,16H2,1-3H3/t22-,24?/m1/s1. The van der Waals surface area contributed by atoms with Gasteiger partial charge in [0.05, 0.1) is 32.4 Å². The minimum absolute atomic E-state index is 0.00654. The molecule has 0 aliphatic carbocycles. The predicted octanol–water partition coefficient (Wildman–Crippen LogP) is 3.63. The van der Waals surface area contributed by atoms with Crippen molar-refractivity contribution in [3.05, 3.63) is 59.2 Å². The zero-order chi connectivity index (χ0) is 25.4. The van der Waals surface area contributed by atoms with Gasteiger partial charge in [0.1, 0.15) is 11.9 Å². The van der Waals surface area contributed by atoms with E-state index in [-0.39, 0.29) is 28.3 Å². The second-order valence-electron chi connectivity index (χ2n) is 8.08. The van der Waals surface area contributed by atoms with E-state index < -0.39 is 17.8 Å². The summed E-state index contributed by atoms with van der Waals surface area (Å²) in [5, 5.41) is 4.41. The first-order valence-corrected chi connectivity index (χ1v) is 12.3. The minimum Gasteiger partial charge on any atom is -0.468 e. The van der Waals surface area contributed by atoms with Crippen LogP contribution in [0.2, 0.25) is 0 Å². The molecule has 35 heavy (non-hydrogen) atoms. The summed E-state index contributed by atoms with van der Waals surface area (Å²) < 4.78 is 26.2. The first-order valence-electron chi connectivity index (χ1n) is 11.5. The monoisotopic (exact) mass is 503 g/mol. The molecule has 3 rings (SSSR count). The molecule has 1 aromatic heterocycles. The average molecular weight is 504 g/mol. The number of benzene rings is 1. The molecule has 0 bridgehead atoms. The maximum absolute atomic E-state index is 14.6. The van der Waals surface area contributed by atoms with E-state index in [4.69, 9.17) is 9.47 Å². The number of esters is 2. The third kappa shape index (κ3) is 7.25. The Morgan fingerprint density at radius 1 is 1.29 bits per heavy atom. The van der Waals surface area contributed by atoms with Gasteiger partial charge in [-0.25, -0.2) is 9.18 Å². The maximum Gasteiger partial charge on any atom is 0.327 e. The van der Waals surface area contributed by atoms with Gasteiger partial charge >= 0.3 is 11.9 Å². The molecule has 1 aliphatic rings. The molecule has 1 aromatic carbocycles. The molecular weight excluding hydrogens is 473 g/mol. The van der Waals surface area contributed by atoms with Crippen molar-refractivity contribution in [2.75, 3.05) is 26.8 Å². The third-order valence-corrected chi connectivity index (χ3v) is 6.78. The number of halogens is 1. The van der Waals surface area contributed by atoms with Crippen LogP contribution in [-0.4, -0.2) is 63.8 Å². The van der Waals surface area contributed by atoms with Gasteiger partial charge in [-0.15, -0.1) is 0 Å². The SMILES string of the molecule is CCOC(=O)CCn1ccc(C=C2CN(C(C(=O)OC)c3ccccc3F)CC[C@H]2SC(C)=O)n1.